The Labute approximate surface area is 121 Å². The Morgan fingerprint density at radius 2 is 2.11 bits per heavy atom. The summed E-state index contributed by atoms with van der Waals surface area (Å²) in [6.07, 6.45) is 5.07. The standard InChI is InChI=1S/C16H17BrS/c17-16-14(6-5-12-9-10-18-11-12)8-7-13-3-1-2-4-15(13)16/h1-4,9-11,14,16H,5-8H2. The summed E-state index contributed by atoms with van der Waals surface area (Å²) in [4.78, 5) is 0.543. The van der Waals surface area contributed by atoms with Gasteiger partial charge in [0.25, 0.3) is 0 Å². The van der Waals surface area contributed by atoms with E-state index in [0.29, 0.717) is 4.83 Å². The van der Waals surface area contributed by atoms with E-state index in [1.165, 1.54) is 42.4 Å². The third kappa shape index (κ3) is 2.55. The molecular weight excluding hydrogens is 304 g/mol. The van der Waals surface area contributed by atoms with Gasteiger partial charge in [-0.2, -0.15) is 11.3 Å². The van der Waals surface area contributed by atoms with Gasteiger partial charge < -0.3 is 0 Å². The van der Waals surface area contributed by atoms with Crippen molar-refractivity contribution in [2.45, 2.75) is 30.5 Å². The average Bonchev–Trinajstić information content (AvgIpc) is 2.91. The molecule has 0 saturated heterocycles. The Morgan fingerprint density at radius 1 is 1.22 bits per heavy atom. The fourth-order valence-corrected chi connectivity index (χ4v) is 4.53. The predicted octanol–water partition coefficient (Wildman–Crippen LogP) is 5.38. The highest BCUT2D eigenvalue weighted by molar-refractivity contribution is 9.09. The quantitative estimate of drug-likeness (QED) is 0.666. The Morgan fingerprint density at radius 3 is 2.94 bits per heavy atom. The molecule has 1 heterocycles. The van der Waals surface area contributed by atoms with Crippen LogP contribution in [0.1, 0.15) is 34.4 Å². The molecule has 0 nitrogen and oxygen atoms in total. The van der Waals surface area contributed by atoms with Crippen molar-refractivity contribution in [3.8, 4) is 0 Å². The summed E-state index contributed by atoms with van der Waals surface area (Å²) in [5, 5.41) is 4.46. The van der Waals surface area contributed by atoms with Gasteiger partial charge in [-0.1, -0.05) is 40.2 Å². The maximum Gasteiger partial charge on any atom is 0.0426 e. The molecule has 2 heteroatoms. The lowest BCUT2D eigenvalue weighted by Gasteiger charge is -2.30. The zero-order chi connectivity index (χ0) is 12.4. The van der Waals surface area contributed by atoms with E-state index in [-0.39, 0.29) is 0 Å². The van der Waals surface area contributed by atoms with Gasteiger partial charge in [0.1, 0.15) is 0 Å². The summed E-state index contributed by atoms with van der Waals surface area (Å²) in [7, 11) is 0. The topological polar surface area (TPSA) is 0 Å². The molecule has 18 heavy (non-hydrogen) atoms. The van der Waals surface area contributed by atoms with Crippen molar-refractivity contribution in [3.63, 3.8) is 0 Å². The molecule has 2 unspecified atom stereocenters. The summed E-state index contributed by atoms with van der Waals surface area (Å²) >= 11 is 5.72. The first-order valence-corrected chi connectivity index (χ1v) is 8.43. The third-order valence-corrected chi connectivity index (χ3v) is 5.91. The van der Waals surface area contributed by atoms with E-state index in [9.17, 15) is 0 Å². The van der Waals surface area contributed by atoms with Gasteiger partial charge in [-0.15, -0.1) is 0 Å². The van der Waals surface area contributed by atoms with Gasteiger partial charge >= 0.3 is 0 Å². The number of halogens is 1. The highest BCUT2D eigenvalue weighted by Crippen LogP contribution is 2.42. The summed E-state index contributed by atoms with van der Waals surface area (Å²) in [5.41, 5.74) is 4.55. The van der Waals surface area contributed by atoms with Crippen LogP contribution in [-0.2, 0) is 12.8 Å². The van der Waals surface area contributed by atoms with E-state index in [4.69, 9.17) is 0 Å². The van der Waals surface area contributed by atoms with Crippen LogP contribution in [0.2, 0.25) is 0 Å². The van der Waals surface area contributed by atoms with Gasteiger partial charge in [0.2, 0.25) is 0 Å². The van der Waals surface area contributed by atoms with Crippen LogP contribution in [0.4, 0.5) is 0 Å². The number of hydrogen-bond acceptors (Lipinski definition) is 1. The van der Waals surface area contributed by atoms with Crippen LogP contribution >= 0.6 is 27.3 Å². The second-order valence-corrected chi connectivity index (χ2v) is 6.84. The van der Waals surface area contributed by atoms with Crippen molar-refractivity contribution in [2.75, 3.05) is 0 Å². The molecule has 0 fully saturated rings. The lowest BCUT2D eigenvalue weighted by atomic mass is 9.81. The number of fused-ring (bicyclic) bond motifs is 1. The van der Waals surface area contributed by atoms with E-state index in [2.05, 4.69) is 57.0 Å². The summed E-state index contributed by atoms with van der Waals surface area (Å²) < 4.78 is 0. The molecule has 1 aromatic carbocycles. The lowest BCUT2D eigenvalue weighted by Crippen LogP contribution is -2.17. The molecule has 0 aliphatic heterocycles. The van der Waals surface area contributed by atoms with Gasteiger partial charge in [0, 0.05) is 4.83 Å². The molecule has 94 valence electrons. The zero-order valence-corrected chi connectivity index (χ0v) is 12.7. The molecule has 0 N–H and O–H groups in total. The van der Waals surface area contributed by atoms with Crippen molar-refractivity contribution in [3.05, 3.63) is 57.8 Å². The Hall–Kier alpha value is -0.600. The highest BCUT2D eigenvalue weighted by atomic mass is 79.9. The normalized spacial score (nSPS) is 22.7. The molecule has 2 aromatic rings. The molecule has 0 spiro atoms. The second-order valence-electron chi connectivity index (χ2n) is 5.07. The first kappa shape index (κ1) is 12.4. The van der Waals surface area contributed by atoms with Crippen molar-refractivity contribution in [2.24, 2.45) is 5.92 Å². The van der Waals surface area contributed by atoms with Crippen molar-refractivity contribution in [1.29, 1.82) is 0 Å². The number of benzene rings is 1. The minimum atomic E-state index is 0.543. The zero-order valence-electron chi connectivity index (χ0n) is 10.3. The molecule has 2 atom stereocenters. The summed E-state index contributed by atoms with van der Waals surface area (Å²) in [6.45, 7) is 0. The molecule has 0 amide bonds. The fourth-order valence-electron chi connectivity index (χ4n) is 2.85. The second kappa shape index (κ2) is 5.58. The summed E-state index contributed by atoms with van der Waals surface area (Å²) in [5.74, 6) is 0.778. The van der Waals surface area contributed by atoms with Crippen LogP contribution in [0.15, 0.2) is 41.1 Å². The molecule has 0 radical (unpaired) electrons. The minimum absolute atomic E-state index is 0.543. The van der Waals surface area contributed by atoms with Crippen molar-refractivity contribution < 1.29 is 0 Å². The molecule has 0 saturated carbocycles. The maximum atomic E-state index is 3.92. The first-order chi connectivity index (χ1) is 8.84. The van der Waals surface area contributed by atoms with Crippen molar-refractivity contribution in [1.82, 2.24) is 0 Å². The molecule has 0 bridgehead atoms. The monoisotopic (exact) mass is 320 g/mol. The number of hydrogen-bond donors (Lipinski definition) is 0. The maximum absolute atomic E-state index is 3.92. The molecular formula is C16H17BrS. The number of thiophene rings is 1. The fraction of sp³-hybridized carbons (Fsp3) is 0.375. The Balaban J connectivity index is 1.69. The third-order valence-electron chi connectivity index (χ3n) is 3.93. The lowest BCUT2D eigenvalue weighted by molar-refractivity contribution is 0.424. The summed E-state index contributed by atoms with van der Waals surface area (Å²) in [6, 6.07) is 11.1. The molecule has 1 aliphatic rings. The van der Waals surface area contributed by atoms with Gasteiger partial charge in [0.15, 0.2) is 0 Å². The van der Waals surface area contributed by atoms with Crippen LogP contribution in [0, 0.1) is 5.92 Å². The minimum Gasteiger partial charge on any atom is -0.152 e. The van der Waals surface area contributed by atoms with E-state index in [0.717, 1.165) is 5.92 Å². The Kier molecular flexibility index (Phi) is 3.86. The van der Waals surface area contributed by atoms with Crippen LogP contribution in [0.5, 0.6) is 0 Å². The van der Waals surface area contributed by atoms with Gasteiger partial charge in [-0.3, -0.25) is 0 Å². The van der Waals surface area contributed by atoms with Crippen LogP contribution in [0.3, 0.4) is 0 Å². The highest BCUT2D eigenvalue weighted by Gasteiger charge is 2.26. The van der Waals surface area contributed by atoms with Crippen LogP contribution in [-0.4, -0.2) is 0 Å². The number of alkyl halides is 1. The first-order valence-electron chi connectivity index (χ1n) is 6.57. The molecule has 3 rings (SSSR count). The number of aryl methyl sites for hydroxylation is 2. The van der Waals surface area contributed by atoms with E-state index in [1.807, 2.05) is 0 Å². The van der Waals surface area contributed by atoms with Crippen LogP contribution in [0.25, 0.3) is 0 Å². The van der Waals surface area contributed by atoms with Gasteiger partial charge in [0.05, 0.1) is 0 Å². The SMILES string of the molecule is BrC1c2ccccc2CCC1CCc1ccsc1. The van der Waals surface area contributed by atoms with E-state index >= 15 is 0 Å². The molecule has 1 aromatic heterocycles. The van der Waals surface area contributed by atoms with Gasteiger partial charge in [-0.05, 0) is 65.1 Å². The van der Waals surface area contributed by atoms with Crippen molar-refractivity contribution >= 4 is 27.3 Å². The average molecular weight is 321 g/mol. The van der Waals surface area contributed by atoms with E-state index < -0.39 is 0 Å². The largest absolute Gasteiger partial charge is 0.152 e. The van der Waals surface area contributed by atoms with E-state index in [1.54, 1.807) is 11.3 Å². The smallest absolute Gasteiger partial charge is 0.0426 e. The van der Waals surface area contributed by atoms with Gasteiger partial charge in [-0.25, -0.2) is 0 Å². The molecule has 1 aliphatic carbocycles. The Bertz CT molecular complexity index is 504. The van der Waals surface area contributed by atoms with Crippen LogP contribution < -0.4 is 0 Å². The predicted molar refractivity (Wildman–Crippen MR) is 82.6 cm³/mol. The number of rotatable bonds is 3.